The summed E-state index contributed by atoms with van der Waals surface area (Å²) in [6.45, 7) is 1.71. The molecule has 0 bridgehead atoms. The molecule has 1 aliphatic heterocycles. The third-order valence-electron chi connectivity index (χ3n) is 5.19. The third-order valence-corrected chi connectivity index (χ3v) is 5.19. The van der Waals surface area contributed by atoms with Gasteiger partial charge in [-0.2, -0.15) is 5.10 Å². The summed E-state index contributed by atoms with van der Waals surface area (Å²) in [5.41, 5.74) is -0.549. The minimum absolute atomic E-state index is 0.108. The van der Waals surface area contributed by atoms with Crippen molar-refractivity contribution in [2.24, 2.45) is 19.2 Å². The molecule has 0 unspecified atom stereocenters. The van der Waals surface area contributed by atoms with E-state index in [0.717, 1.165) is 9.13 Å². The Balaban J connectivity index is 2.16. The lowest BCUT2D eigenvalue weighted by Crippen LogP contribution is -2.39. The van der Waals surface area contributed by atoms with Crippen LogP contribution in [0.25, 0.3) is 0 Å². The van der Waals surface area contributed by atoms with Crippen LogP contribution in [0.4, 0.5) is 0 Å². The Morgan fingerprint density at radius 1 is 1.20 bits per heavy atom. The standard InChI is InChI=1S/C20H24N4O6/c1-6-16(25)24-14(12-8-7-11(29-4)9-15(12)30-5)10-13(21-24)17-18(26)22(2)20(28)23(3)19(17)27/h7-9,14,26H,6,10H2,1-5H3/t14-/m0/s1. The molecule has 0 saturated carbocycles. The van der Waals surface area contributed by atoms with E-state index in [9.17, 15) is 19.5 Å². The Bertz CT molecular complexity index is 1150. The molecule has 1 atom stereocenters. The van der Waals surface area contributed by atoms with Crippen molar-refractivity contribution in [1.29, 1.82) is 0 Å². The molecule has 1 amide bonds. The van der Waals surface area contributed by atoms with Crippen molar-refractivity contribution in [3.05, 3.63) is 50.2 Å². The predicted molar refractivity (Wildman–Crippen MR) is 109 cm³/mol. The van der Waals surface area contributed by atoms with Gasteiger partial charge >= 0.3 is 5.69 Å². The van der Waals surface area contributed by atoms with E-state index < -0.39 is 23.2 Å². The summed E-state index contributed by atoms with van der Waals surface area (Å²) in [6, 6.07) is 4.67. The number of hydrogen-bond donors (Lipinski definition) is 1. The molecule has 1 aliphatic rings. The van der Waals surface area contributed by atoms with Crippen LogP contribution in [-0.2, 0) is 18.9 Å². The molecule has 2 aromatic rings. The molecular weight excluding hydrogens is 392 g/mol. The average Bonchev–Trinajstić information content (AvgIpc) is 3.20. The largest absolute Gasteiger partial charge is 0.497 e. The predicted octanol–water partition coefficient (Wildman–Crippen LogP) is 0.894. The maximum absolute atomic E-state index is 12.7. The van der Waals surface area contributed by atoms with Crippen molar-refractivity contribution < 1.29 is 19.4 Å². The summed E-state index contributed by atoms with van der Waals surface area (Å²) in [5.74, 6) is 0.345. The number of hydrogen-bond acceptors (Lipinski definition) is 7. The van der Waals surface area contributed by atoms with Crippen LogP contribution in [0.1, 0.15) is 36.9 Å². The van der Waals surface area contributed by atoms with Gasteiger partial charge in [0.15, 0.2) is 0 Å². The first-order chi connectivity index (χ1) is 14.2. The highest BCUT2D eigenvalue weighted by molar-refractivity contribution is 6.04. The van der Waals surface area contributed by atoms with Crippen LogP contribution >= 0.6 is 0 Å². The smallest absolute Gasteiger partial charge is 0.333 e. The van der Waals surface area contributed by atoms with Crippen molar-refractivity contribution in [3.8, 4) is 17.4 Å². The molecule has 10 heteroatoms. The zero-order chi connectivity index (χ0) is 22.2. The van der Waals surface area contributed by atoms with Crippen molar-refractivity contribution in [2.75, 3.05) is 14.2 Å². The lowest BCUT2D eigenvalue weighted by Gasteiger charge is -2.23. The van der Waals surface area contributed by atoms with Gasteiger partial charge in [-0.05, 0) is 12.1 Å². The third kappa shape index (κ3) is 3.34. The fourth-order valence-electron chi connectivity index (χ4n) is 3.48. The Morgan fingerprint density at radius 2 is 1.90 bits per heavy atom. The van der Waals surface area contributed by atoms with Crippen LogP contribution < -0.4 is 20.7 Å². The molecule has 0 radical (unpaired) electrons. The lowest BCUT2D eigenvalue weighted by atomic mass is 9.98. The maximum atomic E-state index is 12.7. The number of aromatic nitrogens is 2. The van der Waals surface area contributed by atoms with E-state index in [-0.39, 0.29) is 30.0 Å². The second-order valence-corrected chi connectivity index (χ2v) is 6.87. The first-order valence-corrected chi connectivity index (χ1v) is 9.35. The molecule has 0 saturated heterocycles. The van der Waals surface area contributed by atoms with Gasteiger partial charge in [-0.25, -0.2) is 9.80 Å². The zero-order valence-corrected chi connectivity index (χ0v) is 17.5. The summed E-state index contributed by atoms with van der Waals surface area (Å²) in [5, 5.41) is 16.1. The van der Waals surface area contributed by atoms with Gasteiger partial charge in [-0.3, -0.25) is 18.7 Å². The lowest BCUT2D eigenvalue weighted by molar-refractivity contribution is -0.132. The molecule has 0 spiro atoms. The molecule has 1 N–H and O–H groups in total. The summed E-state index contributed by atoms with van der Waals surface area (Å²) < 4.78 is 12.6. The highest BCUT2D eigenvalue weighted by atomic mass is 16.5. The molecule has 1 aromatic carbocycles. The highest BCUT2D eigenvalue weighted by Crippen LogP contribution is 2.39. The Kier molecular flexibility index (Phi) is 5.68. The monoisotopic (exact) mass is 416 g/mol. The zero-order valence-electron chi connectivity index (χ0n) is 17.5. The Morgan fingerprint density at radius 3 is 2.50 bits per heavy atom. The molecule has 0 aliphatic carbocycles. The second-order valence-electron chi connectivity index (χ2n) is 6.87. The van der Waals surface area contributed by atoms with E-state index in [1.807, 2.05) is 0 Å². The van der Waals surface area contributed by atoms with Gasteiger partial charge in [0.2, 0.25) is 11.8 Å². The van der Waals surface area contributed by atoms with Crippen molar-refractivity contribution in [2.45, 2.75) is 25.8 Å². The van der Waals surface area contributed by atoms with E-state index >= 15 is 0 Å². The number of carbonyl (C=O) groups excluding carboxylic acids is 1. The average molecular weight is 416 g/mol. The van der Waals surface area contributed by atoms with Crippen LogP contribution in [0.15, 0.2) is 32.9 Å². The first kappa shape index (κ1) is 21.2. The molecule has 10 nitrogen and oxygen atoms in total. The molecule has 0 fully saturated rings. The first-order valence-electron chi connectivity index (χ1n) is 9.35. The Labute approximate surface area is 172 Å². The van der Waals surface area contributed by atoms with E-state index in [4.69, 9.17) is 9.47 Å². The minimum Gasteiger partial charge on any atom is -0.497 e. The molecule has 1 aromatic heterocycles. The van der Waals surface area contributed by atoms with Crippen molar-refractivity contribution in [3.63, 3.8) is 0 Å². The van der Waals surface area contributed by atoms with Crippen molar-refractivity contribution >= 4 is 11.6 Å². The highest BCUT2D eigenvalue weighted by Gasteiger charge is 2.36. The summed E-state index contributed by atoms with van der Waals surface area (Å²) >= 11 is 0. The topological polar surface area (TPSA) is 115 Å². The van der Waals surface area contributed by atoms with Crippen LogP contribution in [-0.4, -0.2) is 45.1 Å². The van der Waals surface area contributed by atoms with Gasteiger partial charge in [-0.15, -0.1) is 0 Å². The minimum atomic E-state index is -0.680. The van der Waals surface area contributed by atoms with E-state index in [1.165, 1.54) is 33.3 Å². The number of methoxy groups -OCH3 is 2. The maximum Gasteiger partial charge on any atom is 0.333 e. The number of amides is 1. The van der Waals surface area contributed by atoms with Gasteiger partial charge in [0, 0.05) is 38.6 Å². The molecule has 3 rings (SSSR count). The number of nitrogens with zero attached hydrogens (tertiary/aromatic N) is 4. The Hall–Kier alpha value is -3.56. The normalized spacial score (nSPS) is 15.8. The van der Waals surface area contributed by atoms with Gasteiger partial charge < -0.3 is 14.6 Å². The molecule has 2 heterocycles. The number of aromatic hydroxyl groups is 1. The fraction of sp³-hybridized carbons (Fsp3) is 0.400. The summed E-state index contributed by atoms with van der Waals surface area (Å²) in [7, 11) is 5.73. The van der Waals surface area contributed by atoms with Crippen LogP contribution in [0.3, 0.4) is 0 Å². The number of hydrazone groups is 1. The van der Waals surface area contributed by atoms with E-state index in [0.29, 0.717) is 17.1 Å². The van der Waals surface area contributed by atoms with Crippen LogP contribution in [0, 0.1) is 0 Å². The van der Waals surface area contributed by atoms with E-state index in [1.54, 1.807) is 25.1 Å². The summed E-state index contributed by atoms with van der Waals surface area (Å²) in [4.78, 5) is 37.4. The number of benzene rings is 1. The van der Waals surface area contributed by atoms with Crippen LogP contribution in [0.2, 0.25) is 0 Å². The number of ether oxygens (including phenoxy) is 2. The van der Waals surface area contributed by atoms with Gasteiger partial charge in [0.1, 0.15) is 17.1 Å². The number of carbonyl (C=O) groups is 1. The quantitative estimate of drug-likeness (QED) is 0.774. The van der Waals surface area contributed by atoms with Gasteiger partial charge in [0.05, 0.1) is 26.0 Å². The molecule has 30 heavy (non-hydrogen) atoms. The van der Waals surface area contributed by atoms with Gasteiger partial charge in [0.25, 0.3) is 5.56 Å². The molecule has 160 valence electrons. The SMILES string of the molecule is CCC(=O)N1N=C(c2c(O)n(C)c(=O)n(C)c2=O)C[C@H]1c1ccc(OC)cc1OC. The van der Waals surface area contributed by atoms with E-state index in [2.05, 4.69) is 5.10 Å². The number of rotatable bonds is 5. The van der Waals surface area contributed by atoms with Gasteiger partial charge in [-0.1, -0.05) is 6.92 Å². The molecular formula is C20H24N4O6. The van der Waals surface area contributed by atoms with Crippen molar-refractivity contribution in [1.82, 2.24) is 14.1 Å². The fourth-order valence-corrected chi connectivity index (χ4v) is 3.48. The van der Waals surface area contributed by atoms with Crippen LogP contribution in [0.5, 0.6) is 17.4 Å². The summed E-state index contributed by atoms with van der Waals surface area (Å²) in [6.07, 6.45) is 0.360. The second kappa shape index (κ2) is 8.05.